The average molecular weight is 335 g/mol. The zero-order valence-electron chi connectivity index (χ0n) is 10.8. The number of hydrogen-bond acceptors (Lipinski definition) is 3. The summed E-state index contributed by atoms with van der Waals surface area (Å²) in [4.78, 5) is 0. The van der Waals surface area contributed by atoms with Gasteiger partial charge in [-0.25, -0.2) is 4.39 Å². The van der Waals surface area contributed by atoms with Crippen LogP contribution in [0.2, 0.25) is 0 Å². The standard InChI is InChI=1S/C15H12BrFN2O/c1-20-15-5-3-12(16)7-14(15)19-9-11-6-10(8-18)2-4-13(11)17/h2-7,19H,9H2,1H3. The van der Waals surface area contributed by atoms with Gasteiger partial charge in [0.15, 0.2) is 0 Å². The minimum absolute atomic E-state index is 0.272. The molecule has 0 radical (unpaired) electrons. The van der Waals surface area contributed by atoms with E-state index in [4.69, 9.17) is 10.00 Å². The second-order valence-electron chi connectivity index (χ2n) is 4.12. The second kappa shape index (κ2) is 6.40. The number of nitriles is 1. The van der Waals surface area contributed by atoms with E-state index in [-0.39, 0.29) is 12.4 Å². The molecule has 2 aromatic carbocycles. The lowest BCUT2D eigenvalue weighted by Crippen LogP contribution is -2.03. The van der Waals surface area contributed by atoms with Crippen LogP contribution in [0.3, 0.4) is 0 Å². The molecule has 20 heavy (non-hydrogen) atoms. The van der Waals surface area contributed by atoms with Crippen LogP contribution in [-0.2, 0) is 6.54 Å². The molecule has 0 saturated carbocycles. The highest BCUT2D eigenvalue weighted by molar-refractivity contribution is 9.10. The Morgan fingerprint density at radius 1 is 1.30 bits per heavy atom. The van der Waals surface area contributed by atoms with E-state index in [1.807, 2.05) is 24.3 Å². The highest BCUT2D eigenvalue weighted by Gasteiger charge is 2.07. The molecule has 0 fully saturated rings. The number of methoxy groups -OCH3 is 1. The highest BCUT2D eigenvalue weighted by atomic mass is 79.9. The van der Waals surface area contributed by atoms with Gasteiger partial charge in [0.05, 0.1) is 24.4 Å². The van der Waals surface area contributed by atoms with Crippen molar-refractivity contribution in [2.75, 3.05) is 12.4 Å². The zero-order chi connectivity index (χ0) is 14.5. The molecule has 2 rings (SSSR count). The Morgan fingerprint density at radius 3 is 2.80 bits per heavy atom. The van der Waals surface area contributed by atoms with Gasteiger partial charge in [-0.2, -0.15) is 5.26 Å². The molecule has 1 N–H and O–H groups in total. The number of anilines is 1. The van der Waals surface area contributed by atoms with Crippen molar-refractivity contribution in [3.63, 3.8) is 0 Å². The molecule has 0 aliphatic carbocycles. The summed E-state index contributed by atoms with van der Waals surface area (Å²) >= 11 is 3.38. The number of nitrogens with one attached hydrogen (secondary N) is 1. The van der Waals surface area contributed by atoms with E-state index in [1.165, 1.54) is 18.2 Å². The van der Waals surface area contributed by atoms with Crippen LogP contribution in [0.1, 0.15) is 11.1 Å². The van der Waals surface area contributed by atoms with Gasteiger partial charge in [0.25, 0.3) is 0 Å². The van der Waals surface area contributed by atoms with Gasteiger partial charge >= 0.3 is 0 Å². The number of ether oxygens (including phenoxy) is 1. The third kappa shape index (κ3) is 3.28. The minimum atomic E-state index is -0.342. The molecule has 0 unspecified atom stereocenters. The molecule has 0 aromatic heterocycles. The molecule has 0 saturated heterocycles. The van der Waals surface area contributed by atoms with Gasteiger partial charge in [-0.1, -0.05) is 15.9 Å². The zero-order valence-corrected chi connectivity index (χ0v) is 12.4. The maximum atomic E-state index is 13.7. The maximum absolute atomic E-state index is 13.7. The van der Waals surface area contributed by atoms with Crippen LogP contribution >= 0.6 is 15.9 Å². The monoisotopic (exact) mass is 334 g/mol. The summed E-state index contributed by atoms with van der Waals surface area (Å²) < 4.78 is 19.8. The lowest BCUT2D eigenvalue weighted by atomic mass is 10.1. The first-order valence-electron chi connectivity index (χ1n) is 5.90. The van der Waals surface area contributed by atoms with E-state index in [0.717, 1.165) is 10.2 Å². The van der Waals surface area contributed by atoms with Crippen molar-refractivity contribution in [2.24, 2.45) is 0 Å². The summed E-state index contributed by atoms with van der Waals surface area (Å²) in [5.74, 6) is 0.329. The third-order valence-corrected chi connectivity index (χ3v) is 3.30. The summed E-state index contributed by atoms with van der Waals surface area (Å²) in [7, 11) is 1.57. The molecule has 0 aliphatic rings. The van der Waals surface area contributed by atoms with Crippen LogP contribution in [0, 0.1) is 17.1 Å². The Kier molecular flexibility index (Phi) is 4.59. The van der Waals surface area contributed by atoms with Crippen molar-refractivity contribution in [2.45, 2.75) is 6.54 Å². The van der Waals surface area contributed by atoms with Gasteiger partial charge in [0, 0.05) is 16.6 Å². The molecule has 0 spiro atoms. The molecule has 0 amide bonds. The molecule has 2 aromatic rings. The molecule has 5 heteroatoms. The SMILES string of the molecule is COc1ccc(Br)cc1NCc1cc(C#N)ccc1F. The average Bonchev–Trinajstić information content (AvgIpc) is 2.46. The Labute approximate surface area is 125 Å². The van der Waals surface area contributed by atoms with E-state index in [2.05, 4.69) is 21.2 Å². The predicted molar refractivity (Wildman–Crippen MR) is 79.1 cm³/mol. The number of rotatable bonds is 4. The molecule has 0 heterocycles. The van der Waals surface area contributed by atoms with Crippen molar-refractivity contribution < 1.29 is 9.13 Å². The van der Waals surface area contributed by atoms with Crippen LogP contribution in [0.25, 0.3) is 0 Å². The molecule has 0 aliphatic heterocycles. The molecular formula is C15H12BrFN2O. The van der Waals surface area contributed by atoms with E-state index in [1.54, 1.807) is 7.11 Å². The first-order valence-corrected chi connectivity index (χ1v) is 6.69. The van der Waals surface area contributed by atoms with Crippen molar-refractivity contribution in [1.82, 2.24) is 0 Å². The van der Waals surface area contributed by atoms with Gasteiger partial charge in [-0.3, -0.25) is 0 Å². The Bertz CT molecular complexity index is 665. The van der Waals surface area contributed by atoms with Crippen molar-refractivity contribution in [1.29, 1.82) is 5.26 Å². The number of hydrogen-bond donors (Lipinski definition) is 1. The van der Waals surface area contributed by atoms with E-state index in [9.17, 15) is 4.39 Å². The second-order valence-corrected chi connectivity index (χ2v) is 5.03. The molecule has 102 valence electrons. The number of halogens is 2. The fourth-order valence-corrected chi connectivity index (χ4v) is 2.15. The quantitative estimate of drug-likeness (QED) is 0.916. The fourth-order valence-electron chi connectivity index (χ4n) is 1.79. The van der Waals surface area contributed by atoms with Crippen LogP contribution in [0.5, 0.6) is 5.75 Å². The summed E-state index contributed by atoms with van der Waals surface area (Å²) in [6.45, 7) is 0.272. The number of benzene rings is 2. The first kappa shape index (κ1) is 14.4. The Hall–Kier alpha value is -2.06. The maximum Gasteiger partial charge on any atom is 0.142 e. The smallest absolute Gasteiger partial charge is 0.142 e. The highest BCUT2D eigenvalue weighted by Crippen LogP contribution is 2.28. The van der Waals surface area contributed by atoms with Crippen LogP contribution in [0.15, 0.2) is 40.9 Å². The Balaban J connectivity index is 2.21. The van der Waals surface area contributed by atoms with Crippen LogP contribution in [-0.4, -0.2) is 7.11 Å². The van der Waals surface area contributed by atoms with E-state index >= 15 is 0 Å². The van der Waals surface area contributed by atoms with Crippen molar-refractivity contribution >= 4 is 21.6 Å². The summed E-state index contributed by atoms with van der Waals surface area (Å²) in [6.07, 6.45) is 0. The molecular weight excluding hydrogens is 323 g/mol. The van der Waals surface area contributed by atoms with Gasteiger partial charge < -0.3 is 10.1 Å². The first-order chi connectivity index (χ1) is 9.63. The number of nitrogens with zero attached hydrogens (tertiary/aromatic N) is 1. The normalized spacial score (nSPS) is 9.90. The van der Waals surface area contributed by atoms with Crippen molar-refractivity contribution in [3.8, 4) is 11.8 Å². The van der Waals surface area contributed by atoms with Crippen LogP contribution < -0.4 is 10.1 Å². The van der Waals surface area contributed by atoms with Crippen molar-refractivity contribution in [3.05, 3.63) is 57.8 Å². The van der Waals surface area contributed by atoms with E-state index < -0.39 is 0 Å². The van der Waals surface area contributed by atoms with E-state index in [0.29, 0.717) is 16.9 Å². The summed E-state index contributed by atoms with van der Waals surface area (Å²) in [5, 5.41) is 11.9. The van der Waals surface area contributed by atoms with Gasteiger partial charge in [-0.15, -0.1) is 0 Å². The molecule has 3 nitrogen and oxygen atoms in total. The summed E-state index contributed by atoms with van der Waals surface area (Å²) in [5.41, 5.74) is 1.62. The van der Waals surface area contributed by atoms with Gasteiger partial charge in [0.2, 0.25) is 0 Å². The van der Waals surface area contributed by atoms with Gasteiger partial charge in [-0.05, 0) is 36.4 Å². The fraction of sp³-hybridized carbons (Fsp3) is 0.133. The van der Waals surface area contributed by atoms with Gasteiger partial charge in [0.1, 0.15) is 11.6 Å². The predicted octanol–water partition coefficient (Wildman–Crippen LogP) is 4.08. The minimum Gasteiger partial charge on any atom is -0.495 e. The molecule has 0 bridgehead atoms. The topological polar surface area (TPSA) is 45.0 Å². The largest absolute Gasteiger partial charge is 0.495 e. The lowest BCUT2D eigenvalue weighted by Gasteiger charge is -2.12. The summed E-state index contributed by atoms with van der Waals surface area (Å²) in [6, 6.07) is 11.8. The lowest BCUT2D eigenvalue weighted by molar-refractivity contribution is 0.416. The Morgan fingerprint density at radius 2 is 2.10 bits per heavy atom. The van der Waals surface area contributed by atoms with Crippen LogP contribution in [0.4, 0.5) is 10.1 Å². The molecule has 0 atom stereocenters. The third-order valence-electron chi connectivity index (χ3n) is 2.81.